The summed E-state index contributed by atoms with van der Waals surface area (Å²) >= 11 is 3.47. The number of hydrogen-bond acceptors (Lipinski definition) is 4. The average Bonchev–Trinajstić information content (AvgIpc) is 2.73. The van der Waals surface area contributed by atoms with E-state index in [2.05, 4.69) is 15.9 Å². The van der Waals surface area contributed by atoms with Gasteiger partial charge in [-0.2, -0.15) is 0 Å². The van der Waals surface area contributed by atoms with E-state index in [9.17, 15) is 9.59 Å². The van der Waals surface area contributed by atoms with Gasteiger partial charge in [-0.15, -0.1) is 0 Å². The summed E-state index contributed by atoms with van der Waals surface area (Å²) in [6.45, 7) is 11.0. The molecule has 0 aliphatic carbocycles. The van der Waals surface area contributed by atoms with Crippen LogP contribution >= 0.6 is 15.9 Å². The highest BCUT2D eigenvalue weighted by molar-refractivity contribution is 9.10. The molecule has 7 heteroatoms. The Bertz CT molecular complexity index is 1170. The van der Waals surface area contributed by atoms with Crippen LogP contribution < -0.4 is 9.80 Å². The predicted molar refractivity (Wildman–Crippen MR) is 144 cm³/mol. The molecule has 35 heavy (non-hydrogen) atoms. The van der Waals surface area contributed by atoms with Gasteiger partial charge in [-0.3, -0.25) is 0 Å². The molecule has 0 heterocycles. The Kier molecular flexibility index (Phi) is 7.90. The maximum Gasteiger partial charge on any atom is 0.419 e. The van der Waals surface area contributed by atoms with Crippen LogP contribution in [0, 0.1) is 0 Å². The highest BCUT2D eigenvalue weighted by Crippen LogP contribution is 2.33. The molecule has 0 saturated heterocycles. The number of hydrogen-bond donors (Lipinski definition) is 0. The van der Waals surface area contributed by atoms with Crippen molar-refractivity contribution in [1.82, 2.24) is 0 Å². The second-order valence-electron chi connectivity index (χ2n) is 9.96. The molecule has 184 valence electrons. The minimum absolute atomic E-state index is 0.493. The molecule has 0 aliphatic heterocycles. The first-order valence-corrected chi connectivity index (χ1v) is 12.1. The van der Waals surface area contributed by atoms with E-state index in [0.717, 1.165) is 4.47 Å². The van der Waals surface area contributed by atoms with E-state index in [0.29, 0.717) is 22.7 Å². The summed E-state index contributed by atoms with van der Waals surface area (Å²) in [6.07, 6.45) is -0.997. The largest absolute Gasteiger partial charge is 0.443 e. The second-order valence-corrected chi connectivity index (χ2v) is 10.9. The molecule has 0 fully saturated rings. The van der Waals surface area contributed by atoms with Crippen LogP contribution in [0.5, 0.6) is 0 Å². The molecule has 6 nitrogen and oxygen atoms in total. The van der Waals surface area contributed by atoms with Gasteiger partial charge in [-0.05, 0) is 96.1 Å². The first-order chi connectivity index (χ1) is 16.3. The lowest BCUT2D eigenvalue weighted by Crippen LogP contribution is -2.34. The molecule has 0 N–H and O–H groups in total. The lowest BCUT2D eigenvalue weighted by atomic mass is 10.2. The number of para-hydroxylation sites is 1. The monoisotopic (exact) mass is 538 g/mol. The van der Waals surface area contributed by atoms with Gasteiger partial charge < -0.3 is 9.47 Å². The normalized spacial score (nSPS) is 11.5. The maximum absolute atomic E-state index is 13.2. The Hall–Kier alpha value is -3.32. The Balaban J connectivity index is 2.02. The van der Waals surface area contributed by atoms with E-state index in [-0.39, 0.29) is 0 Å². The first-order valence-electron chi connectivity index (χ1n) is 11.3. The minimum atomic E-state index is -0.665. The van der Waals surface area contributed by atoms with E-state index >= 15 is 0 Å². The number of anilines is 4. The SMILES string of the molecule is CC(C)(C)OC(=O)N(c1ccccc1)c1ccc(N(C(=O)OC(C)(C)C)c2cccc(Br)c2)cc1. The predicted octanol–water partition coefficient (Wildman–Crippen LogP) is 8.60. The highest BCUT2D eigenvalue weighted by atomic mass is 79.9. The van der Waals surface area contributed by atoms with E-state index in [1.54, 1.807) is 24.3 Å². The summed E-state index contributed by atoms with van der Waals surface area (Å²) in [6, 6.07) is 23.8. The number of amides is 2. The smallest absolute Gasteiger partial charge is 0.419 e. The quantitative estimate of drug-likeness (QED) is 0.333. The standard InChI is InChI=1S/C28H31BrN2O4/c1-27(2,3)34-25(32)30(21-12-8-7-9-13-21)22-15-17-23(18-16-22)31(26(33)35-28(4,5)6)24-14-10-11-20(29)19-24/h7-19H,1-6H3. The molecule has 0 unspecified atom stereocenters. The van der Waals surface area contributed by atoms with Gasteiger partial charge in [0.2, 0.25) is 0 Å². The van der Waals surface area contributed by atoms with Crippen molar-refractivity contribution in [3.8, 4) is 0 Å². The Morgan fingerprint density at radius 2 is 1.00 bits per heavy atom. The molecule has 0 aromatic heterocycles. The first kappa shape index (κ1) is 26.3. The molecule has 3 aromatic carbocycles. The van der Waals surface area contributed by atoms with Gasteiger partial charge >= 0.3 is 12.2 Å². The fourth-order valence-electron chi connectivity index (χ4n) is 3.28. The summed E-state index contributed by atoms with van der Waals surface area (Å²) in [5.41, 5.74) is 1.20. The van der Waals surface area contributed by atoms with Crippen LogP contribution in [-0.4, -0.2) is 23.4 Å². The molecule has 2 amide bonds. The van der Waals surface area contributed by atoms with Gasteiger partial charge in [-0.1, -0.05) is 40.2 Å². The van der Waals surface area contributed by atoms with Crippen molar-refractivity contribution >= 4 is 50.9 Å². The van der Waals surface area contributed by atoms with Crippen molar-refractivity contribution in [3.63, 3.8) is 0 Å². The number of ether oxygens (including phenoxy) is 2. The minimum Gasteiger partial charge on any atom is -0.443 e. The lowest BCUT2D eigenvalue weighted by molar-refractivity contribution is 0.0587. The maximum atomic E-state index is 13.2. The van der Waals surface area contributed by atoms with Crippen molar-refractivity contribution in [3.05, 3.63) is 83.3 Å². The van der Waals surface area contributed by atoms with Gasteiger partial charge in [0.15, 0.2) is 0 Å². The number of benzene rings is 3. The zero-order valence-corrected chi connectivity index (χ0v) is 22.5. The van der Waals surface area contributed by atoms with Crippen molar-refractivity contribution in [2.45, 2.75) is 52.7 Å². The lowest BCUT2D eigenvalue weighted by Gasteiger charge is -2.29. The van der Waals surface area contributed by atoms with Crippen molar-refractivity contribution < 1.29 is 19.1 Å². The number of halogens is 1. The number of carbonyl (C=O) groups is 2. The Morgan fingerprint density at radius 1 is 0.600 bits per heavy atom. The van der Waals surface area contributed by atoms with Crippen molar-refractivity contribution in [1.29, 1.82) is 0 Å². The summed E-state index contributed by atoms with van der Waals surface area (Å²) in [5.74, 6) is 0. The molecule has 3 rings (SSSR count). The number of nitrogens with zero attached hydrogens (tertiary/aromatic N) is 2. The molecule has 0 bridgehead atoms. The molecule has 3 aromatic rings. The van der Waals surface area contributed by atoms with E-state index in [4.69, 9.17) is 9.47 Å². The van der Waals surface area contributed by atoms with Crippen LogP contribution in [0.2, 0.25) is 0 Å². The Morgan fingerprint density at radius 3 is 1.43 bits per heavy atom. The van der Waals surface area contributed by atoms with E-state index in [1.807, 2.05) is 96.1 Å². The Labute approximate surface area is 215 Å². The molecule has 0 aliphatic rings. The highest BCUT2D eigenvalue weighted by Gasteiger charge is 2.27. The zero-order chi connectivity index (χ0) is 25.8. The summed E-state index contributed by atoms with van der Waals surface area (Å²) in [4.78, 5) is 29.3. The second kappa shape index (κ2) is 10.5. The summed E-state index contributed by atoms with van der Waals surface area (Å²) < 4.78 is 12.2. The van der Waals surface area contributed by atoms with Gasteiger partial charge in [0.05, 0.1) is 22.7 Å². The fourth-order valence-corrected chi connectivity index (χ4v) is 3.67. The summed E-state index contributed by atoms with van der Waals surface area (Å²) in [7, 11) is 0. The van der Waals surface area contributed by atoms with Crippen LogP contribution in [-0.2, 0) is 9.47 Å². The number of carbonyl (C=O) groups excluding carboxylic acids is 2. The third-order valence-electron chi connectivity index (χ3n) is 4.60. The average molecular weight is 539 g/mol. The molecule has 0 atom stereocenters. The van der Waals surface area contributed by atoms with Crippen LogP contribution in [0.4, 0.5) is 32.3 Å². The molecular weight excluding hydrogens is 508 g/mol. The topological polar surface area (TPSA) is 59.1 Å². The van der Waals surface area contributed by atoms with Crippen molar-refractivity contribution in [2.75, 3.05) is 9.80 Å². The van der Waals surface area contributed by atoms with Gasteiger partial charge in [0.25, 0.3) is 0 Å². The van der Waals surface area contributed by atoms with E-state index < -0.39 is 23.4 Å². The summed E-state index contributed by atoms with van der Waals surface area (Å²) in [5, 5.41) is 0. The van der Waals surface area contributed by atoms with Crippen LogP contribution in [0.15, 0.2) is 83.3 Å². The van der Waals surface area contributed by atoms with Crippen LogP contribution in [0.1, 0.15) is 41.5 Å². The van der Waals surface area contributed by atoms with Crippen molar-refractivity contribution in [2.24, 2.45) is 0 Å². The molecular formula is C28H31BrN2O4. The van der Waals surface area contributed by atoms with Gasteiger partial charge in [-0.25, -0.2) is 19.4 Å². The van der Waals surface area contributed by atoms with Gasteiger partial charge in [0, 0.05) is 4.47 Å². The number of rotatable bonds is 4. The molecule has 0 spiro atoms. The third-order valence-corrected chi connectivity index (χ3v) is 5.09. The van der Waals surface area contributed by atoms with E-state index in [1.165, 1.54) is 9.80 Å². The van der Waals surface area contributed by atoms with Crippen LogP contribution in [0.3, 0.4) is 0 Å². The van der Waals surface area contributed by atoms with Crippen LogP contribution in [0.25, 0.3) is 0 Å². The fraction of sp³-hybridized carbons (Fsp3) is 0.286. The third kappa shape index (κ3) is 7.33. The zero-order valence-electron chi connectivity index (χ0n) is 20.9. The molecule has 0 saturated carbocycles. The molecule has 0 radical (unpaired) electrons. The van der Waals surface area contributed by atoms with Gasteiger partial charge in [0.1, 0.15) is 11.2 Å².